The molecule has 0 aliphatic rings. The number of ether oxygens (including phenoxy) is 1. The maximum Gasteiger partial charge on any atom is 0.435 e. The van der Waals surface area contributed by atoms with E-state index in [-0.39, 0.29) is 16.3 Å². The van der Waals surface area contributed by atoms with Crippen LogP contribution in [0.1, 0.15) is 37.0 Å². The minimum absolute atomic E-state index is 0.187. The Morgan fingerprint density at radius 1 is 1.33 bits per heavy atom. The number of alkyl halides is 3. The maximum absolute atomic E-state index is 12.7. The van der Waals surface area contributed by atoms with Crippen LogP contribution in [0.25, 0.3) is 0 Å². The molecule has 0 spiro atoms. The molecule has 2 aromatic heterocycles. The number of aryl methyl sites for hydroxylation is 2. The third kappa shape index (κ3) is 3.28. The maximum atomic E-state index is 12.7. The summed E-state index contributed by atoms with van der Waals surface area (Å²) in [6, 6.07) is 0.653. The average molecular weight is 361 g/mol. The second kappa shape index (κ2) is 6.27. The number of aromatic nitrogens is 2. The van der Waals surface area contributed by atoms with Crippen LogP contribution in [0.4, 0.5) is 18.2 Å². The molecular weight excluding hydrogens is 347 g/mol. The lowest BCUT2D eigenvalue weighted by atomic mass is 10.1. The molecule has 1 N–H and O–H groups in total. The molecule has 0 atom stereocenters. The monoisotopic (exact) mass is 361 g/mol. The summed E-state index contributed by atoms with van der Waals surface area (Å²) >= 11 is 1.14. The van der Waals surface area contributed by atoms with Gasteiger partial charge in [0.25, 0.3) is 5.91 Å². The summed E-state index contributed by atoms with van der Waals surface area (Å²) in [6.45, 7) is 3.45. The fraction of sp³-hybridized carbons (Fsp3) is 0.357. The minimum Gasteiger partial charge on any atom is -0.465 e. The third-order valence-electron chi connectivity index (χ3n) is 3.40. The SMILES string of the molecule is COC(=O)c1c(NC(=O)c2cc(C(F)(F)F)nn2C)sc(C)c1C. The van der Waals surface area contributed by atoms with Crippen molar-refractivity contribution in [1.82, 2.24) is 9.78 Å². The number of hydrogen-bond donors (Lipinski definition) is 1. The molecule has 130 valence electrons. The van der Waals surface area contributed by atoms with Crippen molar-refractivity contribution in [2.75, 3.05) is 12.4 Å². The summed E-state index contributed by atoms with van der Waals surface area (Å²) in [5.41, 5.74) is -0.613. The Kier molecular flexibility index (Phi) is 4.70. The van der Waals surface area contributed by atoms with Crippen molar-refractivity contribution in [3.63, 3.8) is 0 Å². The molecule has 0 radical (unpaired) electrons. The Hall–Kier alpha value is -2.36. The van der Waals surface area contributed by atoms with Gasteiger partial charge in [-0.1, -0.05) is 0 Å². The van der Waals surface area contributed by atoms with Crippen molar-refractivity contribution in [1.29, 1.82) is 0 Å². The second-order valence-corrected chi connectivity index (χ2v) is 6.19. The Balaban J connectivity index is 2.36. The van der Waals surface area contributed by atoms with Crippen LogP contribution in [0.2, 0.25) is 0 Å². The summed E-state index contributed by atoms with van der Waals surface area (Å²) < 4.78 is 43.5. The smallest absolute Gasteiger partial charge is 0.435 e. The van der Waals surface area contributed by atoms with Crippen molar-refractivity contribution in [2.45, 2.75) is 20.0 Å². The first-order valence-electron chi connectivity index (χ1n) is 6.67. The fourth-order valence-corrected chi connectivity index (χ4v) is 3.09. The quantitative estimate of drug-likeness (QED) is 0.853. The van der Waals surface area contributed by atoms with Gasteiger partial charge in [0.1, 0.15) is 10.7 Å². The molecular formula is C14H14F3N3O3S. The van der Waals surface area contributed by atoms with Crippen molar-refractivity contribution < 1.29 is 27.5 Å². The van der Waals surface area contributed by atoms with Gasteiger partial charge in [0.05, 0.1) is 12.7 Å². The summed E-state index contributed by atoms with van der Waals surface area (Å²) in [4.78, 5) is 24.9. The number of rotatable bonds is 3. The molecule has 0 saturated heterocycles. The molecule has 2 rings (SSSR count). The first-order valence-corrected chi connectivity index (χ1v) is 7.48. The highest BCUT2D eigenvalue weighted by Crippen LogP contribution is 2.34. The molecule has 0 aliphatic carbocycles. The van der Waals surface area contributed by atoms with Gasteiger partial charge < -0.3 is 10.1 Å². The molecule has 2 heterocycles. The van der Waals surface area contributed by atoms with Crippen molar-refractivity contribution in [2.24, 2.45) is 7.05 Å². The van der Waals surface area contributed by atoms with Gasteiger partial charge in [-0.25, -0.2) is 4.79 Å². The van der Waals surface area contributed by atoms with Crippen LogP contribution in [0.5, 0.6) is 0 Å². The molecule has 0 unspecified atom stereocenters. The van der Waals surface area contributed by atoms with Gasteiger partial charge in [0, 0.05) is 18.0 Å². The van der Waals surface area contributed by atoms with Gasteiger partial charge in [-0.05, 0) is 19.4 Å². The predicted molar refractivity (Wildman–Crippen MR) is 81.3 cm³/mol. The zero-order valence-electron chi connectivity index (χ0n) is 13.2. The van der Waals surface area contributed by atoms with Crippen LogP contribution in [-0.4, -0.2) is 28.8 Å². The van der Waals surface area contributed by atoms with E-state index in [0.717, 1.165) is 20.9 Å². The molecule has 2 aromatic rings. The number of esters is 1. The number of amides is 1. The number of carbonyl (C=O) groups is 2. The standard InChI is InChI=1S/C14H14F3N3O3S/c1-6-7(2)24-12(10(6)13(22)23-4)18-11(21)8-5-9(14(15,16)17)19-20(8)3/h5H,1-4H3,(H,18,21). The molecule has 10 heteroatoms. The highest BCUT2D eigenvalue weighted by Gasteiger charge is 2.35. The van der Waals surface area contributed by atoms with E-state index < -0.39 is 23.7 Å². The number of halogens is 3. The van der Waals surface area contributed by atoms with E-state index in [0.29, 0.717) is 11.6 Å². The molecule has 0 saturated carbocycles. The highest BCUT2D eigenvalue weighted by atomic mass is 32.1. The largest absolute Gasteiger partial charge is 0.465 e. The van der Waals surface area contributed by atoms with Crippen LogP contribution in [0, 0.1) is 13.8 Å². The number of anilines is 1. The van der Waals surface area contributed by atoms with Crippen LogP contribution in [0.3, 0.4) is 0 Å². The van der Waals surface area contributed by atoms with E-state index in [2.05, 4.69) is 15.2 Å². The summed E-state index contributed by atoms with van der Waals surface area (Å²) in [5, 5.41) is 5.96. The van der Waals surface area contributed by atoms with Crippen molar-refractivity contribution >= 4 is 28.2 Å². The number of hydrogen-bond acceptors (Lipinski definition) is 5. The summed E-state index contributed by atoms with van der Waals surface area (Å²) in [6.07, 6.45) is -4.65. The number of thiophene rings is 1. The number of nitrogens with zero attached hydrogens (tertiary/aromatic N) is 2. The molecule has 0 aliphatic heterocycles. The lowest BCUT2D eigenvalue weighted by molar-refractivity contribution is -0.141. The Morgan fingerprint density at radius 2 is 1.96 bits per heavy atom. The van der Waals surface area contributed by atoms with Crippen molar-refractivity contribution in [3.05, 3.63) is 33.5 Å². The fourth-order valence-electron chi connectivity index (χ4n) is 2.05. The second-order valence-electron chi connectivity index (χ2n) is 4.97. The Labute approximate surface area is 139 Å². The van der Waals surface area contributed by atoms with E-state index in [9.17, 15) is 22.8 Å². The van der Waals surface area contributed by atoms with Gasteiger partial charge in [-0.2, -0.15) is 18.3 Å². The molecule has 1 amide bonds. The first-order chi connectivity index (χ1) is 11.1. The van der Waals surface area contributed by atoms with Gasteiger partial charge in [0.15, 0.2) is 5.69 Å². The van der Waals surface area contributed by atoms with Crippen LogP contribution in [0.15, 0.2) is 6.07 Å². The minimum atomic E-state index is -4.65. The van der Waals surface area contributed by atoms with E-state index in [1.807, 2.05) is 0 Å². The molecule has 0 aromatic carbocycles. The summed E-state index contributed by atoms with van der Waals surface area (Å²) in [5.74, 6) is -1.43. The van der Waals surface area contributed by atoms with Crippen LogP contribution in [-0.2, 0) is 18.0 Å². The Bertz CT molecular complexity index is 808. The van der Waals surface area contributed by atoms with E-state index in [1.54, 1.807) is 13.8 Å². The lowest BCUT2D eigenvalue weighted by Gasteiger charge is -2.06. The van der Waals surface area contributed by atoms with Crippen molar-refractivity contribution in [3.8, 4) is 0 Å². The first kappa shape index (κ1) is 18.0. The molecule has 6 nitrogen and oxygen atoms in total. The van der Waals surface area contributed by atoms with Gasteiger partial charge in [-0.3, -0.25) is 9.48 Å². The highest BCUT2D eigenvalue weighted by molar-refractivity contribution is 7.16. The van der Waals surface area contributed by atoms with Gasteiger partial charge >= 0.3 is 12.1 Å². The van der Waals surface area contributed by atoms with E-state index in [4.69, 9.17) is 0 Å². The lowest BCUT2D eigenvalue weighted by Crippen LogP contribution is -2.17. The third-order valence-corrected chi connectivity index (χ3v) is 4.53. The molecule has 24 heavy (non-hydrogen) atoms. The summed E-state index contributed by atoms with van der Waals surface area (Å²) in [7, 11) is 2.44. The number of methoxy groups -OCH3 is 1. The molecule has 0 fully saturated rings. The molecule has 0 bridgehead atoms. The van der Waals surface area contributed by atoms with E-state index in [1.165, 1.54) is 14.2 Å². The zero-order chi connectivity index (χ0) is 18.2. The average Bonchev–Trinajstić information content (AvgIpc) is 2.99. The van der Waals surface area contributed by atoms with E-state index >= 15 is 0 Å². The van der Waals surface area contributed by atoms with Crippen LogP contribution >= 0.6 is 11.3 Å². The topological polar surface area (TPSA) is 73.2 Å². The van der Waals surface area contributed by atoms with Gasteiger partial charge in [-0.15, -0.1) is 11.3 Å². The normalized spacial score (nSPS) is 11.5. The Morgan fingerprint density at radius 3 is 2.46 bits per heavy atom. The number of carbonyl (C=O) groups excluding carboxylic acids is 2. The zero-order valence-corrected chi connectivity index (χ0v) is 14.1. The van der Waals surface area contributed by atoms with Crippen LogP contribution < -0.4 is 5.32 Å². The van der Waals surface area contributed by atoms with Gasteiger partial charge in [0.2, 0.25) is 0 Å². The predicted octanol–water partition coefficient (Wildman–Crippen LogP) is 3.16. The number of nitrogens with one attached hydrogen (secondary N) is 1.